The van der Waals surface area contributed by atoms with Gasteiger partial charge in [-0.3, -0.25) is 0 Å². The number of halogens is 3. The number of hydrogen-bond donors (Lipinski definition) is 1. The third-order valence-corrected chi connectivity index (χ3v) is 1.96. The Morgan fingerprint density at radius 3 is 2.64 bits per heavy atom. The lowest BCUT2D eigenvalue weighted by atomic mass is 10.3. The maximum Gasteiger partial charge on any atom is 0.365 e. The van der Waals surface area contributed by atoms with E-state index in [9.17, 15) is 18.9 Å². The minimum absolute atomic E-state index is 0.186. The molecule has 0 saturated carbocycles. The van der Waals surface area contributed by atoms with Crippen molar-refractivity contribution >= 4 is 21.7 Å². The summed E-state index contributed by atoms with van der Waals surface area (Å²) in [6, 6.07) is 0.848. The average molecular weight is 269 g/mol. The zero-order chi connectivity index (χ0) is 10.9. The highest BCUT2D eigenvalue weighted by Gasteiger charge is 2.26. The van der Waals surface area contributed by atoms with Gasteiger partial charge in [0.15, 0.2) is 5.75 Å². The van der Waals surface area contributed by atoms with Gasteiger partial charge in [0, 0.05) is 0 Å². The Hall–Kier alpha value is -1.31. The van der Waals surface area contributed by atoms with Gasteiger partial charge in [0.25, 0.3) is 5.69 Å². The van der Waals surface area contributed by atoms with Crippen LogP contribution in [0, 0.1) is 10.1 Å². The Balaban J connectivity index is 3.35. The summed E-state index contributed by atoms with van der Waals surface area (Å²) < 4.78 is 24.2. The number of rotatable bonds is 2. The summed E-state index contributed by atoms with van der Waals surface area (Å²) in [5.74, 6) is -1.53. The van der Waals surface area contributed by atoms with Crippen LogP contribution in [0.5, 0.6) is 5.75 Å². The Kier molecular flexibility index (Phi) is 2.94. The highest BCUT2D eigenvalue weighted by atomic mass is 79.9. The van der Waals surface area contributed by atoms with E-state index in [-0.39, 0.29) is 4.47 Å². The summed E-state index contributed by atoms with van der Waals surface area (Å²) >= 11 is 2.71. The highest BCUT2D eigenvalue weighted by molar-refractivity contribution is 9.10. The summed E-state index contributed by atoms with van der Waals surface area (Å²) in [5, 5.41) is 19.3. The van der Waals surface area contributed by atoms with E-state index >= 15 is 0 Å². The van der Waals surface area contributed by atoms with Crippen LogP contribution in [0.25, 0.3) is 0 Å². The Morgan fingerprint density at radius 1 is 1.64 bits per heavy atom. The van der Waals surface area contributed by atoms with Gasteiger partial charge in [-0.25, -0.2) is 8.78 Å². The molecule has 0 radical (unpaired) electrons. The first-order chi connectivity index (χ1) is 6.43. The number of alkyl halides is 2. The third-order valence-electron chi connectivity index (χ3n) is 1.35. The number of aromatic hydroxyl groups is 1. The fraction of sp³-hybridized carbons (Fsp3) is 0.167. The molecule has 5 nitrogen and oxygen atoms in total. The Labute approximate surface area is 84.7 Å². The van der Waals surface area contributed by atoms with Gasteiger partial charge in [-0.1, -0.05) is 0 Å². The maximum atomic E-state index is 12.2. The van der Waals surface area contributed by atoms with Crippen LogP contribution in [-0.2, 0) is 0 Å². The van der Waals surface area contributed by atoms with Crippen LogP contribution in [0.4, 0.5) is 14.6 Å². The smallest absolute Gasteiger partial charge is 0.365 e. The molecule has 0 saturated heterocycles. The van der Waals surface area contributed by atoms with Crippen molar-refractivity contribution in [3.05, 3.63) is 26.3 Å². The van der Waals surface area contributed by atoms with Crippen LogP contribution >= 0.6 is 15.9 Å². The number of nitro groups is 1. The highest BCUT2D eigenvalue weighted by Crippen LogP contribution is 2.35. The van der Waals surface area contributed by atoms with Crippen molar-refractivity contribution in [2.45, 2.75) is 6.43 Å². The lowest BCUT2D eigenvalue weighted by Gasteiger charge is -2.00. The molecule has 1 heterocycles. The third kappa shape index (κ3) is 1.95. The van der Waals surface area contributed by atoms with E-state index in [4.69, 9.17) is 5.11 Å². The number of aromatic nitrogens is 1. The SMILES string of the molecule is O=[N+]([O-])c1cc(Br)c(O)c(C(F)F)n1. The van der Waals surface area contributed by atoms with E-state index in [0.717, 1.165) is 6.07 Å². The van der Waals surface area contributed by atoms with Gasteiger partial charge in [-0.05, 0) is 25.8 Å². The molecule has 0 spiro atoms. The molecule has 0 unspecified atom stereocenters. The Bertz CT molecular complexity index is 386. The second kappa shape index (κ2) is 3.82. The summed E-state index contributed by atoms with van der Waals surface area (Å²) in [5.41, 5.74) is -1.01. The molecule has 0 aromatic carbocycles. The van der Waals surface area contributed by atoms with Gasteiger partial charge in [-0.15, -0.1) is 0 Å². The molecule has 1 N–H and O–H groups in total. The van der Waals surface area contributed by atoms with Crippen molar-refractivity contribution in [1.29, 1.82) is 0 Å². The van der Waals surface area contributed by atoms with Crippen LogP contribution in [-0.4, -0.2) is 15.0 Å². The van der Waals surface area contributed by atoms with Crippen molar-refractivity contribution < 1.29 is 18.8 Å². The molecular weight excluding hydrogens is 266 g/mol. The van der Waals surface area contributed by atoms with E-state index in [2.05, 4.69) is 20.9 Å². The van der Waals surface area contributed by atoms with Crippen LogP contribution in [0.2, 0.25) is 0 Å². The molecule has 8 heteroatoms. The quantitative estimate of drug-likeness (QED) is 0.660. The average Bonchev–Trinajstić information content (AvgIpc) is 2.08. The minimum Gasteiger partial charge on any atom is -0.503 e. The van der Waals surface area contributed by atoms with Crippen LogP contribution in [0.15, 0.2) is 10.5 Å². The fourth-order valence-corrected chi connectivity index (χ4v) is 1.17. The van der Waals surface area contributed by atoms with Gasteiger partial charge in [0.2, 0.25) is 0 Å². The molecule has 0 atom stereocenters. The molecule has 0 fully saturated rings. The predicted octanol–water partition coefficient (Wildman–Crippen LogP) is 2.40. The molecule has 0 bridgehead atoms. The number of pyridine rings is 1. The lowest BCUT2D eigenvalue weighted by Crippen LogP contribution is -1.98. The molecule has 1 aromatic rings. The van der Waals surface area contributed by atoms with Gasteiger partial charge >= 0.3 is 12.2 Å². The van der Waals surface area contributed by atoms with Crippen molar-refractivity contribution in [2.75, 3.05) is 0 Å². The molecule has 14 heavy (non-hydrogen) atoms. The van der Waals surface area contributed by atoms with Gasteiger partial charge in [0.1, 0.15) is 0 Å². The van der Waals surface area contributed by atoms with E-state index in [0.29, 0.717) is 0 Å². The first-order valence-electron chi connectivity index (χ1n) is 3.25. The van der Waals surface area contributed by atoms with Crippen LogP contribution < -0.4 is 0 Å². The minimum atomic E-state index is -3.06. The molecule has 0 amide bonds. The van der Waals surface area contributed by atoms with Gasteiger partial charge in [0.05, 0.1) is 10.5 Å². The summed E-state index contributed by atoms with van der Waals surface area (Å²) in [6.45, 7) is 0. The van der Waals surface area contributed by atoms with Crippen molar-refractivity contribution in [2.24, 2.45) is 0 Å². The molecule has 0 aliphatic carbocycles. The van der Waals surface area contributed by atoms with Crippen molar-refractivity contribution in [3.63, 3.8) is 0 Å². The Morgan fingerprint density at radius 2 is 2.21 bits per heavy atom. The topological polar surface area (TPSA) is 76.3 Å². The molecule has 76 valence electrons. The van der Waals surface area contributed by atoms with E-state index in [1.165, 1.54) is 0 Å². The van der Waals surface area contributed by atoms with E-state index < -0.39 is 28.6 Å². The van der Waals surface area contributed by atoms with Gasteiger partial charge < -0.3 is 15.2 Å². The summed E-state index contributed by atoms with van der Waals surface area (Å²) in [4.78, 5) is 12.3. The largest absolute Gasteiger partial charge is 0.503 e. The van der Waals surface area contributed by atoms with E-state index in [1.54, 1.807) is 0 Å². The first kappa shape index (κ1) is 10.8. The monoisotopic (exact) mass is 268 g/mol. The maximum absolute atomic E-state index is 12.2. The molecule has 0 aliphatic rings. The second-order valence-electron chi connectivity index (χ2n) is 2.25. The molecule has 0 aliphatic heterocycles. The second-order valence-corrected chi connectivity index (χ2v) is 3.11. The molecule has 1 rings (SSSR count). The zero-order valence-electron chi connectivity index (χ0n) is 6.45. The van der Waals surface area contributed by atoms with Crippen molar-refractivity contribution in [1.82, 2.24) is 4.98 Å². The normalized spacial score (nSPS) is 10.6. The summed E-state index contributed by atoms with van der Waals surface area (Å²) in [7, 11) is 0. The van der Waals surface area contributed by atoms with Gasteiger partial charge in [-0.2, -0.15) is 0 Å². The zero-order valence-corrected chi connectivity index (χ0v) is 8.03. The fourth-order valence-electron chi connectivity index (χ4n) is 0.758. The number of hydrogen-bond acceptors (Lipinski definition) is 4. The van der Waals surface area contributed by atoms with E-state index in [1.807, 2.05) is 0 Å². The molecular formula is C6H3BrF2N2O3. The molecule has 1 aromatic heterocycles. The first-order valence-corrected chi connectivity index (χ1v) is 4.04. The van der Waals surface area contributed by atoms with Crippen LogP contribution in [0.3, 0.4) is 0 Å². The standard InChI is InChI=1S/C6H3BrF2N2O3/c7-2-1-3(11(13)14)10-4(5(2)12)6(8)9/h1,6,12H. The van der Waals surface area contributed by atoms with Crippen molar-refractivity contribution in [3.8, 4) is 5.75 Å². The predicted molar refractivity (Wildman–Crippen MR) is 45.2 cm³/mol. The number of nitrogens with zero attached hydrogens (tertiary/aromatic N) is 2. The van der Waals surface area contributed by atoms with Crippen LogP contribution in [0.1, 0.15) is 12.1 Å². The summed E-state index contributed by atoms with van der Waals surface area (Å²) in [6.07, 6.45) is -3.06. The lowest BCUT2D eigenvalue weighted by molar-refractivity contribution is -0.389.